The van der Waals surface area contributed by atoms with Crippen LogP contribution in [0.2, 0.25) is 0 Å². The normalized spacial score (nSPS) is 11.9. The highest BCUT2D eigenvalue weighted by atomic mass is 19.4. The van der Waals surface area contributed by atoms with E-state index in [9.17, 15) is 18.0 Å². The van der Waals surface area contributed by atoms with Crippen LogP contribution in [0.4, 0.5) is 13.2 Å². The first-order valence-corrected chi connectivity index (χ1v) is 5.13. The van der Waals surface area contributed by atoms with E-state index in [1.54, 1.807) is 13.8 Å². The molecule has 0 saturated carbocycles. The summed E-state index contributed by atoms with van der Waals surface area (Å²) in [4.78, 5) is 10.5. The van der Waals surface area contributed by atoms with Gasteiger partial charge in [0.05, 0.1) is 12.0 Å². The topological polar surface area (TPSA) is 37.3 Å². The van der Waals surface area contributed by atoms with E-state index < -0.39 is 24.1 Å². The second kappa shape index (κ2) is 4.77. The maximum atomic E-state index is 12.7. The van der Waals surface area contributed by atoms with E-state index in [2.05, 4.69) is 0 Å². The summed E-state index contributed by atoms with van der Waals surface area (Å²) < 4.78 is 38.2. The summed E-state index contributed by atoms with van der Waals surface area (Å²) in [5, 5.41) is 8.57. The molecule has 1 aromatic rings. The summed E-state index contributed by atoms with van der Waals surface area (Å²) in [6.45, 7) is 3.57. The Morgan fingerprint density at radius 3 is 2.35 bits per heavy atom. The smallest absolute Gasteiger partial charge is 0.416 e. The summed E-state index contributed by atoms with van der Waals surface area (Å²) in [6.07, 6.45) is -5.14. The number of hydrogen-bond donors (Lipinski definition) is 1. The molecule has 0 radical (unpaired) electrons. The lowest BCUT2D eigenvalue weighted by Gasteiger charge is -2.15. The van der Waals surface area contributed by atoms with Crippen LogP contribution < -0.4 is 0 Å². The molecule has 0 aliphatic rings. The molecule has 0 aromatic heterocycles. The minimum atomic E-state index is -4.52. The number of benzene rings is 1. The summed E-state index contributed by atoms with van der Waals surface area (Å²) in [5.41, 5.74) is -0.507. The highest BCUT2D eigenvalue weighted by molar-refractivity contribution is 5.71. The third-order valence-electron chi connectivity index (χ3n) is 2.45. The lowest BCUT2D eigenvalue weighted by molar-refractivity contribution is -0.139. The predicted octanol–water partition coefficient (Wildman–Crippen LogP) is 3.46. The Bertz CT molecular complexity index is 422. The van der Waals surface area contributed by atoms with Gasteiger partial charge in [-0.15, -0.1) is 0 Å². The zero-order valence-corrected chi connectivity index (χ0v) is 9.51. The van der Waals surface area contributed by atoms with E-state index >= 15 is 0 Å². The van der Waals surface area contributed by atoms with Crippen LogP contribution in [0.3, 0.4) is 0 Å². The third-order valence-corrected chi connectivity index (χ3v) is 2.45. The van der Waals surface area contributed by atoms with E-state index in [4.69, 9.17) is 5.11 Å². The molecule has 1 N–H and O–H groups in total. The van der Waals surface area contributed by atoms with Gasteiger partial charge in [-0.2, -0.15) is 13.2 Å². The van der Waals surface area contributed by atoms with Crippen LogP contribution in [0.5, 0.6) is 0 Å². The van der Waals surface area contributed by atoms with Gasteiger partial charge >= 0.3 is 12.1 Å². The standard InChI is InChI=1S/C12H13F3O2/c1-7(2)8-3-4-9(6-11(16)17)10(5-8)12(13,14)15/h3-5,7H,6H2,1-2H3,(H,16,17). The van der Waals surface area contributed by atoms with Gasteiger partial charge in [0.15, 0.2) is 0 Å². The Morgan fingerprint density at radius 2 is 1.94 bits per heavy atom. The van der Waals surface area contributed by atoms with Gasteiger partial charge in [0.25, 0.3) is 0 Å². The first kappa shape index (κ1) is 13.5. The maximum absolute atomic E-state index is 12.7. The van der Waals surface area contributed by atoms with Crippen molar-refractivity contribution in [1.29, 1.82) is 0 Å². The Kier molecular flexibility index (Phi) is 3.80. The molecular weight excluding hydrogens is 233 g/mol. The number of hydrogen-bond acceptors (Lipinski definition) is 1. The fraction of sp³-hybridized carbons (Fsp3) is 0.417. The molecule has 0 atom stereocenters. The molecule has 0 amide bonds. The number of halogens is 3. The molecule has 2 nitrogen and oxygen atoms in total. The van der Waals surface area contributed by atoms with Gasteiger partial charge in [0.2, 0.25) is 0 Å². The van der Waals surface area contributed by atoms with Crippen molar-refractivity contribution in [3.63, 3.8) is 0 Å². The average Bonchev–Trinajstić information content (AvgIpc) is 2.15. The molecule has 0 aliphatic heterocycles. The van der Waals surface area contributed by atoms with Crippen LogP contribution in [0.1, 0.15) is 36.5 Å². The Labute approximate surface area is 97.1 Å². The third kappa shape index (κ3) is 3.47. The van der Waals surface area contributed by atoms with E-state index in [1.165, 1.54) is 12.1 Å². The van der Waals surface area contributed by atoms with Gasteiger partial charge in [-0.1, -0.05) is 26.0 Å². The molecule has 1 aromatic carbocycles. The summed E-state index contributed by atoms with van der Waals surface area (Å²) in [6, 6.07) is 3.81. The van der Waals surface area contributed by atoms with E-state index in [-0.39, 0.29) is 11.5 Å². The lowest BCUT2D eigenvalue weighted by Crippen LogP contribution is -2.13. The van der Waals surface area contributed by atoms with Crippen LogP contribution in [0.25, 0.3) is 0 Å². The summed E-state index contributed by atoms with van der Waals surface area (Å²) in [7, 11) is 0. The zero-order valence-electron chi connectivity index (χ0n) is 9.51. The van der Waals surface area contributed by atoms with Crippen molar-refractivity contribution in [2.75, 3.05) is 0 Å². The number of carboxylic acid groups (broad SMARTS) is 1. The quantitative estimate of drug-likeness (QED) is 0.886. The predicted molar refractivity (Wildman–Crippen MR) is 56.9 cm³/mol. The van der Waals surface area contributed by atoms with E-state index in [0.717, 1.165) is 6.07 Å². The van der Waals surface area contributed by atoms with Gasteiger partial charge in [0, 0.05) is 0 Å². The highest BCUT2D eigenvalue weighted by Crippen LogP contribution is 2.34. The molecule has 0 unspecified atom stereocenters. The Morgan fingerprint density at radius 1 is 1.35 bits per heavy atom. The Hall–Kier alpha value is -1.52. The van der Waals surface area contributed by atoms with Gasteiger partial charge in [-0.3, -0.25) is 4.79 Å². The fourth-order valence-corrected chi connectivity index (χ4v) is 1.53. The first-order valence-electron chi connectivity index (χ1n) is 5.13. The largest absolute Gasteiger partial charge is 0.481 e. The van der Waals surface area contributed by atoms with Gasteiger partial charge in [-0.25, -0.2) is 0 Å². The van der Waals surface area contributed by atoms with Crippen molar-refractivity contribution in [2.45, 2.75) is 32.4 Å². The SMILES string of the molecule is CC(C)c1ccc(CC(=O)O)c(C(F)(F)F)c1. The van der Waals surface area contributed by atoms with Crippen molar-refractivity contribution < 1.29 is 23.1 Å². The molecule has 0 saturated heterocycles. The number of aliphatic carboxylic acids is 1. The van der Waals surface area contributed by atoms with Crippen LogP contribution >= 0.6 is 0 Å². The molecule has 0 fully saturated rings. The molecule has 0 spiro atoms. The van der Waals surface area contributed by atoms with Gasteiger partial charge in [-0.05, 0) is 23.1 Å². The van der Waals surface area contributed by atoms with Crippen molar-refractivity contribution in [3.8, 4) is 0 Å². The summed E-state index contributed by atoms with van der Waals surface area (Å²) >= 11 is 0. The Balaban J connectivity index is 3.27. The van der Waals surface area contributed by atoms with Crippen molar-refractivity contribution >= 4 is 5.97 Å². The first-order chi connectivity index (χ1) is 7.71. The second-order valence-corrected chi connectivity index (χ2v) is 4.14. The van der Waals surface area contributed by atoms with Crippen molar-refractivity contribution in [3.05, 3.63) is 34.9 Å². The van der Waals surface area contributed by atoms with Crippen LogP contribution in [0, 0.1) is 0 Å². The van der Waals surface area contributed by atoms with Crippen molar-refractivity contribution in [2.24, 2.45) is 0 Å². The molecule has 0 bridgehead atoms. The molecule has 0 aliphatic carbocycles. The van der Waals surface area contributed by atoms with Crippen molar-refractivity contribution in [1.82, 2.24) is 0 Å². The molecular formula is C12H13F3O2. The molecule has 5 heteroatoms. The van der Waals surface area contributed by atoms with Crippen LogP contribution in [-0.4, -0.2) is 11.1 Å². The minimum absolute atomic E-state index is 0.0324. The highest BCUT2D eigenvalue weighted by Gasteiger charge is 2.34. The van der Waals surface area contributed by atoms with Crippen LogP contribution in [0.15, 0.2) is 18.2 Å². The summed E-state index contributed by atoms with van der Waals surface area (Å²) in [5.74, 6) is -1.30. The zero-order chi connectivity index (χ0) is 13.2. The second-order valence-electron chi connectivity index (χ2n) is 4.14. The number of carbonyl (C=O) groups is 1. The molecule has 17 heavy (non-hydrogen) atoms. The van der Waals surface area contributed by atoms with Gasteiger partial charge in [0.1, 0.15) is 0 Å². The fourth-order valence-electron chi connectivity index (χ4n) is 1.53. The molecule has 94 valence electrons. The maximum Gasteiger partial charge on any atom is 0.416 e. The number of alkyl halides is 3. The van der Waals surface area contributed by atoms with E-state index in [1.807, 2.05) is 0 Å². The van der Waals surface area contributed by atoms with Gasteiger partial charge < -0.3 is 5.11 Å². The molecule has 0 heterocycles. The van der Waals surface area contributed by atoms with E-state index in [0.29, 0.717) is 5.56 Å². The molecule has 1 rings (SSSR count). The average molecular weight is 246 g/mol. The minimum Gasteiger partial charge on any atom is -0.481 e. The number of rotatable bonds is 3. The number of carboxylic acids is 1. The monoisotopic (exact) mass is 246 g/mol. The lowest BCUT2D eigenvalue weighted by atomic mass is 9.95. The van der Waals surface area contributed by atoms with Crippen LogP contribution in [-0.2, 0) is 17.4 Å².